The molecule has 0 heterocycles. The van der Waals surface area contributed by atoms with Gasteiger partial charge >= 0.3 is 6.03 Å². The summed E-state index contributed by atoms with van der Waals surface area (Å²) in [6.45, 7) is 2.53. The maximum absolute atomic E-state index is 12.2. The second kappa shape index (κ2) is 6.77. The van der Waals surface area contributed by atoms with E-state index in [9.17, 15) is 9.00 Å². The molecule has 3 rings (SSSR count). The van der Waals surface area contributed by atoms with Gasteiger partial charge in [-0.2, -0.15) is 0 Å². The van der Waals surface area contributed by atoms with Crippen LogP contribution in [0.3, 0.4) is 0 Å². The summed E-state index contributed by atoms with van der Waals surface area (Å²) in [6.07, 6.45) is 3.36. The third kappa shape index (κ3) is 3.85. The minimum atomic E-state index is -0.978. The highest BCUT2D eigenvalue weighted by molar-refractivity contribution is 7.84. The van der Waals surface area contributed by atoms with E-state index in [4.69, 9.17) is 0 Å². The van der Waals surface area contributed by atoms with Crippen LogP contribution < -0.4 is 10.6 Å². The van der Waals surface area contributed by atoms with Gasteiger partial charge in [0.15, 0.2) is 0 Å². The molecule has 0 bridgehead atoms. The van der Waals surface area contributed by atoms with E-state index in [0.29, 0.717) is 6.54 Å². The van der Waals surface area contributed by atoms with Gasteiger partial charge in [-0.05, 0) is 48.6 Å². The van der Waals surface area contributed by atoms with Gasteiger partial charge < -0.3 is 10.6 Å². The first-order chi connectivity index (χ1) is 11.5. The Morgan fingerprint density at radius 2 is 1.67 bits per heavy atom. The molecule has 2 amide bonds. The number of hydrogen-bond donors (Lipinski definition) is 2. The van der Waals surface area contributed by atoms with Gasteiger partial charge in [0.1, 0.15) is 0 Å². The van der Waals surface area contributed by atoms with Crippen molar-refractivity contribution in [1.82, 2.24) is 10.6 Å². The zero-order valence-corrected chi connectivity index (χ0v) is 14.8. The molecular formula is C19H22N2O2S. The first-order valence-corrected chi connectivity index (χ1v) is 9.56. The quantitative estimate of drug-likeness (QED) is 0.898. The van der Waals surface area contributed by atoms with Crippen LogP contribution in [-0.4, -0.2) is 22.0 Å². The Morgan fingerprint density at radius 3 is 2.21 bits per heavy atom. The second-order valence-electron chi connectivity index (χ2n) is 6.59. The number of urea groups is 1. The first kappa shape index (κ1) is 16.7. The van der Waals surface area contributed by atoms with Gasteiger partial charge in [0.25, 0.3) is 0 Å². The number of fused-ring (bicyclic) bond motifs is 1. The van der Waals surface area contributed by atoms with Gasteiger partial charge in [-0.25, -0.2) is 4.79 Å². The van der Waals surface area contributed by atoms with Crippen LogP contribution in [0.1, 0.15) is 23.6 Å². The van der Waals surface area contributed by atoms with Crippen LogP contribution in [0.2, 0.25) is 0 Å². The Labute approximate surface area is 145 Å². The van der Waals surface area contributed by atoms with Crippen molar-refractivity contribution < 1.29 is 9.00 Å². The van der Waals surface area contributed by atoms with Crippen molar-refractivity contribution in [1.29, 1.82) is 0 Å². The minimum absolute atomic E-state index is 0.159. The first-order valence-electron chi connectivity index (χ1n) is 8.00. The van der Waals surface area contributed by atoms with Crippen LogP contribution in [0.4, 0.5) is 4.79 Å². The number of carbonyl (C=O) groups is 1. The van der Waals surface area contributed by atoms with E-state index < -0.39 is 10.8 Å². The standard InChI is InChI=1S/C19H22N2O2S/c1-19(11-15-5-3-4-6-16(15)12-19)21-18(22)20-13-14-7-9-17(10-8-14)24(2)23/h3-10H,11-13H2,1-2H3,(H2,20,21,22)/t24-/m1/s1. The SMILES string of the molecule is C[S@@](=O)c1ccc(CNC(=O)NC2(C)Cc3ccccc3C2)cc1. The Bertz CT molecular complexity index is 746. The predicted octanol–water partition coefficient (Wildman–Crippen LogP) is 2.78. The summed E-state index contributed by atoms with van der Waals surface area (Å²) in [5.74, 6) is 0. The van der Waals surface area contributed by atoms with Crippen molar-refractivity contribution >= 4 is 16.8 Å². The molecule has 24 heavy (non-hydrogen) atoms. The topological polar surface area (TPSA) is 58.2 Å². The van der Waals surface area contributed by atoms with Crippen LogP contribution in [0.5, 0.6) is 0 Å². The van der Waals surface area contributed by atoms with Gasteiger partial charge in [-0.3, -0.25) is 4.21 Å². The van der Waals surface area contributed by atoms with E-state index in [-0.39, 0.29) is 11.6 Å². The summed E-state index contributed by atoms with van der Waals surface area (Å²) in [4.78, 5) is 13.0. The molecular weight excluding hydrogens is 320 g/mol. The molecule has 0 aromatic heterocycles. The van der Waals surface area contributed by atoms with Crippen molar-refractivity contribution in [2.75, 3.05) is 6.26 Å². The van der Waals surface area contributed by atoms with Crippen molar-refractivity contribution in [3.8, 4) is 0 Å². The number of carbonyl (C=O) groups excluding carboxylic acids is 1. The summed E-state index contributed by atoms with van der Waals surface area (Å²) in [7, 11) is -0.978. The van der Waals surface area contributed by atoms with E-state index in [2.05, 4.69) is 29.7 Å². The second-order valence-corrected chi connectivity index (χ2v) is 7.97. The van der Waals surface area contributed by atoms with Crippen molar-refractivity contribution in [3.63, 3.8) is 0 Å². The van der Waals surface area contributed by atoms with Crippen LogP contribution in [0.15, 0.2) is 53.4 Å². The molecule has 2 aromatic rings. The molecule has 0 radical (unpaired) electrons. The monoisotopic (exact) mass is 342 g/mol. The number of hydrogen-bond acceptors (Lipinski definition) is 2. The average molecular weight is 342 g/mol. The summed E-state index contributed by atoms with van der Waals surface area (Å²) in [6, 6.07) is 15.6. The van der Waals surface area contributed by atoms with Gasteiger partial charge in [0.2, 0.25) is 0 Å². The molecule has 1 aliphatic rings. The van der Waals surface area contributed by atoms with Crippen LogP contribution >= 0.6 is 0 Å². The lowest BCUT2D eigenvalue weighted by Gasteiger charge is -2.25. The molecule has 0 unspecified atom stereocenters. The number of nitrogens with one attached hydrogen (secondary N) is 2. The van der Waals surface area contributed by atoms with Gasteiger partial charge in [0, 0.05) is 34.0 Å². The largest absolute Gasteiger partial charge is 0.334 e. The lowest BCUT2D eigenvalue weighted by Crippen LogP contribution is -2.50. The van der Waals surface area contributed by atoms with Crippen molar-refractivity contribution in [2.24, 2.45) is 0 Å². The van der Waals surface area contributed by atoms with E-state index in [1.165, 1.54) is 11.1 Å². The van der Waals surface area contributed by atoms with E-state index >= 15 is 0 Å². The number of rotatable bonds is 4. The maximum atomic E-state index is 12.2. The number of benzene rings is 2. The molecule has 1 atom stereocenters. The van der Waals surface area contributed by atoms with Crippen LogP contribution in [0, 0.1) is 0 Å². The smallest absolute Gasteiger partial charge is 0.315 e. The normalized spacial score (nSPS) is 16.2. The Balaban J connectivity index is 1.54. The average Bonchev–Trinajstić information content (AvgIpc) is 2.88. The lowest BCUT2D eigenvalue weighted by molar-refractivity contribution is 0.228. The molecule has 0 saturated carbocycles. The van der Waals surface area contributed by atoms with Gasteiger partial charge in [-0.15, -0.1) is 0 Å². The van der Waals surface area contributed by atoms with Crippen molar-refractivity contribution in [2.45, 2.75) is 36.7 Å². The zero-order chi connectivity index (χ0) is 17.2. The molecule has 5 heteroatoms. The Kier molecular flexibility index (Phi) is 4.71. The molecule has 4 nitrogen and oxygen atoms in total. The summed E-state index contributed by atoms with van der Waals surface area (Å²) in [5.41, 5.74) is 3.36. The number of amides is 2. The molecule has 1 aliphatic carbocycles. The van der Waals surface area contributed by atoms with Crippen molar-refractivity contribution in [3.05, 3.63) is 65.2 Å². The Hall–Kier alpha value is -2.14. The molecule has 0 aliphatic heterocycles. The van der Waals surface area contributed by atoms with Gasteiger partial charge in [0.05, 0.1) is 0 Å². The fourth-order valence-corrected chi connectivity index (χ4v) is 3.71. The van der Waals surface area contributed by atoms with Gasteiger partial charge in [-0.1, -0.05) is 36.4 Å². The summed E-state index contributed by atoms with van der Waals surface area (Å²) in [5, 5.41) is 6.00. The fraction of sp³-hybridized carbons (Fsp3) is 0.316. The zero-order valence-electron chi connectivity index (χ0n) is 14.0. The Morgan fingerprint density at radius 1 is 1.08 bits per heavy atom. The minimum Gasteiger partial charge on any atom is -0.334 e. The predicted molar refractivity (Wildman–Crippen MR) is 96.4 cm³/mol. The van der Waals surface area contributed by atoms with E-state index in [1.807, 2.05) is 36.4 Å². The van der Waals surface area contributed by atoms with Crippen LogP contribution in [-0.2, 0) is 30.2 Å². The van der Waals surface area contributed by atoms with E-state index in [0.717, 1.165) is 23.3 Å². The molecule has 2 aromatic carbocycles. The maximum Gasteiger partial charge on any atom is 0.315 e. The summed E-state index contributed by atoms with van der Waals surface area (Å²) >= 11 is 0. The van der Waals surface area contributed by atoms with E-state index in [1.54, 1.807) is 6.26 Å². The highest BCUT2D eigenvalue weighted by Crippen LogP contribution is 2.29. The molecule has 0 spiro atoms. The van der Waals surface area contributed by atoms with Crippen LogP contribution in [0.25, 0.3) is 0 Å². The lowest BCUT2D eigenvalue weighted by atomic mass is 9.99. The third-order valence-electron chi connectivity index (χ3n) is 4.40. The summed E-state index contributed by atoms with van der Waals surface area (Å²) < 4.78 is 11.4. The highest BCUT2D eigenvalue weighted by Gasteiger charge is 2.33. The molecule has 126 valence electrons. The fourth-order valence-electron chi connectivity index (χ4n) is 3.19. The molecule has 0 fully saturated rings. The third-order valence-corrected chi connectivity index (χ3v) is 5.34. The molecule has 0 saturated heterocycles. The molecule has 2 N–H and O–H groups in total. The highest BCUT2D eigenvalue weighted by atomic mass is 32.2.